The van der Waals surface area contributed by atoms with Crippen molar-refractivity contribution in [3.8, 4) is 28.0 Å². The molecule has 34 heavy (non-hydrogen) atoms. The van der Waals surface area contributed by atoms with Crippen molar-refractivity contribution in [3.63, 3.8) is 0 Å². The van der Waals surface area contributed by atoms with E-state index in [1.165, 1.54) is 0 Å². The summed E-state index contributed by atoms with van der Waals surface area (Å²) in [6, 6.07) is 17.8. The van der Waals surface area contributed by atoms with Crippen LogP contribution >= 0.6 is 0 Å². The third kappa shape index (κ3) is 3.43. The lowest BCUT2D eigenvalue weighted by Crippen LogP contribution is -2.33. The first-order valence-corrected chi connectivity index (χ1v) is 11.2. The maximum atomic E-state index is 12.2. The van der Waals surface area contributed by atoms with Gasteiger partial charge in [0, 0.05) is 12.1 Å². The third-order valence-corrected chi connectivity index (χ3v) is 6.23. The number of hydrogen-bond donors (Lipinski definition) is 0. The van der Waals surface area contributed by atoms with Crippen LogP contribution in [0.25, 0.3) is 33.4 Å². The minimum Gasteiger partial charge on any atom is -0.485 e. The summed E-state index contributed by atoms with van der Waals surface area (Å²) >= 11 is 0. The molecular weight excluding hydrogens is 426 g/mol. The summed E-state index contributed by atoms with van der Waals surface area (Å²) in [6.45, 7) is 6.84. The molecule has 0 unspecified atom stereocenters. The van der Waals surface area contributed by atoms with Crippen molar-refractivity contribution < 1.29 is 4.74 Å². The van der Waals surface area contributed by atoms with Crippen molar-refractivity contribution >= 4 is 11.2 Å². The first-order valence-electron chi connectivity index (χ1n) is 11.2. The third-order valence-electron chi connectivity index (χ3n) is 6.23. The van der Waals surface area contributed by atoms with Gasteiger partial charge in [0.05, 0.1) is 12.1 Å². The van der Waals surface area contributed by atoms with Gasteiger partial charge in [-0.3, -0.25) is 9.59 Å². The van der Waals surface area contributed by atoms with Gasteiger partial charge in [-0.25, -0.2) is 9.97 Å². The van der Waals surface area contributed by atoms with E-state index in [-0.39, 0.29) is 11.3 Å². The Labute approximate surface area is 197 Å². The predicted octanol–water partition coefficient (Wildman–Crippen LogP) is 4.76. The Morgan fingerprint density at radius 2 is 1.65 bits per heavy atom. The number of aromatic nitrogens is 3. The highest BCUT2D eigenvalue weighted by molar-refractivity contribution is 5.87. The predicted molar refractivity (Wildman–Crippen MR) is 134 cm³/mol. The molecule has 6 heteroatoms. The monoisotopic (exact) mass is 450 g/mol. The average molecular weight is 451 g/mol. The van der Waals surface area contributed by atoms with Crippen LogP contribution in [0.5, 0.6) is 5.75 Å². The Kier molecular flexibility index (Phi) is 5.36. The Bertz CT molecular complexity index is 1600. The average Bonchev–Trinajstić information content (AvgIpc) is 3.20. The van der Waals surface area contributed by atoms with Gasteiger partial charge < -0.3 is 9.30 Å². The van der Waals surface area contributed by atoms with Gasteiger partial charge in [-0.2, -0.15) is 0 Å². The van der Waals surface area contributed by atoms with Crippen molar-refractivity contribution in [3.05, 3.63) is 105 Å². The maximum Gasteiger partial charge on any atom is 0.268 e. The molecule has 0 spiro atoms. The normalized spacial score (nSPS) is 11.4. The van der Waals surface area contributed by atoms with E-state index in [0.717, 1.165) is 51.4 Å². The molecule has 0 saturated heterocycles. The van der Waals surface area contributed by atoms with E-state index in [9.17, 15) is 9.59 Å². The second kappa shape index (κ2) is 8.37. The Balaban J connectivity index is 1.52. The summed E-state index contributed by atoms with van der Waals surface area (Å²) in [5, 5.41) is 0. The Morgan fingerprint density at radius 3 is 2.32 bits per heavy atom. The molecular formula is C28H24N3O3. The number of nitrogens with zero attached hydrogens (tertiary/aromatic N) is 3. The zero-order valence-corrected chi connectivity index (χ0v) is 19.4. The standard InChI is InChI=1S/C28H24N3O3/c1-5-22-30-24-16(2)14-17(3)29-28(24)31(22)15-18-10-12-19(13-11-18)20-8-6-7-9-21(20)23-25(32)26(33)27(23)34-4/h6-14H,4-5,15H2,1-3H3. The largest absolute Gasteiger partial charge is 0.485 e. The summed E-state index contributed by atoms with van der Waals surface area (Å²) in [6.07, 6.45) is 0.818. The second-order valence-corrected chi connectivity index (χ2v) is 8.47. The number of rotatable bonds is 6. The van der Waals surface area contributed by atoms with E-state index in [1.54, 1.807) is 0 Å². The van der Waals surface area contributed by atoms with Crippen LogP contribution in [0.1, 0.15) is 29.6 Å². The van der Waals surface area contributed by atoms with Crippen LogP contribution in [0.2, 0.25) is 0 Å². The highest BCUT2D eigenvalue weighted by Crippen LogP contribution is 2.35. The summed E-state index contributed by atoms with van der Waals surface area (Å²) in [5.41, 5.74) is 6.66. The maximum absolute atomic E-state index is 12.2. The van der Waals surface area contributed by atoms with Gasteiger partial charge >= 0.3 is 0 Å². The second-order valence-electron chi connectivity index (χ2n) is 8.47. The van der Waals surface area contributed by atoms with Crippen LogP contribution in [0.4, 0.5) is 0 Å². The minimum atomic E-state index is -0.631. The topological polar surface area (TPSA) is 74.1 Å². The smallest absolute Gasteiger partial charge is 0.268 e. The van der Waals surface area contributed by atoms with Crippen LogP contribution in [0, 0.1) is 21.0 Å². The Morgan fingerprint density at radius 1 is 0.941 bits per heavy atom. The highest BCUT2D eigenvalue weighted by atomic mass is 16.5. The molecule has 0 aliphatic heterocycles. The van der Waals surface area contributed by atoms with E-state index in [1.807, 2.05) is 43.3 Å². The van der Waals surface area contributed by atoms with Crippen LogP contribution in [-0.2, 0) is 13.0 Å². The van der Waals surface area contributed by atoms with E-state index >= 15 is 0 Å². The van der Waals surface area contributed by atoms with Crippen LogP contribution in [0.3, 0.4) is 0 Å². The van der Waals surface area contributed by atoms with Gasteiger partial charge in [-0.05, 0) is 47.7 Å². The number of aryl methyl sites for hydroxylation is 3. The Hall–Kier alpha value is -4.06. The first kappa shape index (κ1) is 21.8. The van der Waals surface area contributed by atoms with Crippen molar-refractivity contribution in [2.75, 3.05) is 0 Å². The zero-order chi connectivity index (χ0) is 24.0. The lowest BCUT2D eigenvalue weighted by atomic mass is 9.91. The van der Waals surface area contributed by atoms with Crippen molar-refractivity contribution in [2.24, 2.45) is 0 Å². The van der Waals surface area contributed by atoms with Gasteiger partial charge in [-0.15, -0.1) is 0 Å². The number of imidazole rings is 1. The number of benzene rings is 2. The first-order chi connectivity index (χ1) is 16.4. The molecule has 0 aliphatic rings. The highest BCUT2D eigenvalue weighted by Gasteiger charge is 2.25. The summed E-state index contributed by atoms with van der Waals surface area (Å²) in [5.74, 6) is 1.03. The molecule has 0 atom stereocenters. The van der Waals surface area contributed by atoms with Gasteiger partial charge in [0.25, 0.3) is 5.43 Å². The number of hydrogen-bond acceptors (Lipinski definition) is 5. The van der Waals surface area contributed by atoms with Crippen LogP contribution < -0.4 is 15.6 Å². The molecule has 0 N–H and O–H groups in total. The molecule has 6 nitrogen and oxygen atoms in total. The molecule has 0 aliphatic carbocycles. The lowest BCUT2D eigenvalue weighted by molar-refractivity contribution is 0.464. The quantitative estimate of drug-likeness (QED) is 0.349. The number of pyridine rings is 1. The molecule has 169 valence electrons. The van der Waals surface area contributed by atoms with Crippen LogP contribution in [0.15, 0.2) is 64.2 Å². The fraction of sp³-hybridized carbons (Fsp3) is 0.179. The fourth-order valence-electron chi connectivity index (χ4n) is 4.56. The molecule has 2 aromatic heterocycles. The molecule has 0 fully saturated rings. The molecule has 0 saturated carbocycles. The van der Waals surface area contributed by atoms with Gasteiger partial charge in [0.2, 0.25) is 5.43 Å². The zero-order valence-electron chi connectivity index (χ0n) is 19.4. The van der Waals surface area contributed by atoms with Crippen molar-refractivity contribution in [1.29, 1.82) is 0 Å². The van der Waals surface area contributed by atoms with Crippen LogP contribution in [-0.4, -0.2) is 14.5 Å². The summed E-state index contributed by atoms with van der Waals surface area (Å²) < 4.78 is 7.10. The molecule has 1 radical (unpaired) electrons. The SMILES string of the molecule is [CH2]Oc1c(-c2ccccc2-c2ccc(Cn3c(CC)nc4c(C)cc(C)nc43)cc2)c(=O)c1=O. The molecule has 5 aromatic rings. The molecule has 3 aromatic carbocycles. The lowest BCUT2D eigenvalue weighted by Gasteiger charge is -2.14. The van der Waals surface area contributed by atoms with Crippen molar-refractivity contribution in [1.82, 2.24) is 14.5 Å². The summed E-state index contributed by atoms with van der Waals surface area (Å²) in [7, 11) is 3.32. The van der Waals surface area contributed by atoms with E-state index < -0.39 is 10.9 Å². The minimum absolute atomic E-state index is 0.0197. The number of fused-ring (bicyclic) bond motifs is 1. The fourth-order valence-corrected chi connectivity index (χ4v) is 4.56. The van der Waals surface area contributed by atoms with Gasteiger partial charge in [0.1, 0.15) is 18.5 Å². The molecule has 0 amide bonds. The van der Waals surface area contributed by atoms with Gasteiger partial charge in [-0.1, -0.05) is 55.5 Å². The van der Waals surface area contributed by atoms with E-state index in [4.69, 9.17) is 14.7 Å². The van der Waals surface area contributed by atoms with Gasteiger partial charge in [0.15, 0.2) is 11.4 Å². The number of ether oxygens (including phenoxy) is 1. The van der Waals surface area contributed by atoms with E-state index in [2.05, 4.69) is 43.7 Å². The molecule has 0 bridgehead atoms. The molecule has 5 rings (SSSR count). The summed E-state index contributed by atoms with van der Waals surface area (Å²) in [4.78, 5) is 33.6. The molecule has 2 heterocycles. The van der Waals surface area contributed by atoms with E-state index in [0.29, 0.717) is 12.1 Å². The van der Waals surface area contributed by atoms with Crippen molar-refractivity contribution in [2.45, 2.75) is 33.7 Å².